The van der Waals surface area contributed by atoms with Gasteiger partial charge in [0.25, 0.3) is 0 Å². The Labute approximate surface area is 117 Å². The number of amides is 1. The minimum absolute atomic E-state index is 0.110. The van der Waals surface area contributed by atoms with Gasteiger partial charge in [0, 0.05) is 12.2 Å². The number of likely N-dealkylation sites (tertiary alicyclic amines) is 1. The van der Waals surface area contributed by atoms with Crippen molar-refractivity contribution in [2.75, 3.05) is 12.3 Å². The fourth-order valence-electron chi connectivity index (χ4n) is 2.47. The number of pyridine rings is 1. The summed E-state index contributed by atoms with van der Waals surface area (Å²) >= 11 is 0. The molecule has 1 aliphatic rings. The van der Waals surface area contributed by atoms with Crippen LogP contribution in [0.1, 0.15) is 25.5 Å². The number of anilines is 1. The molecule has 0 aliphatic carbocycles. The quantitative estimate of drug-likeness (QED) is 0.856. The van der Waals surface area contributed by atoms with E-state index >= 15 is 0 Å². The molecule has 1 fully saturated rings. The van der Waals surface area contributed by atoms with E-state index in [4.69, 9.17) is 5.73 Å². The number of aliphatic carboxylic acids is 1. The number of nitrogens with two attached hydrogens (primary N) is 1. The van der Waals surface area contributed by atoms with Crippen molar-refractivity contribution in [2.24, 2.45) is 5.92 Å². The van der Waals surface area contributed by atoms with Gasteiger partial charge >= 0.3 is 5.97 Å². The number of hydrogen-bond donors (Lipinski definition) is 2. The topological polar surface area (TPSA) is 96.5 Å². The molecule has 1 aromatic rings. The van der Waals surface area contributed by atoms with Crippen molar-refractivity contribution in [2.45, 2.75) is 32.2 Å². The summed E-state index contributed by atoms with van der Waals surface area (Å²) in [7, 11) is 0. The predicted octanol–water partition coefficient (Wildman–Crippen LogP) is 0.918. The van der Waals surface area contributed by atoms with E-state index in [1.165, 1.54) is 11.1 Å². The van der Waals surface area contributed by atoms with Crippen LogP contribution < -0.4 is 5.73 Å². The van der Waals surface area contributed by atoms with Crippen molar-refractivity contribution in [3.63, 3.8) is 0 Å². The lowest BCUT2D eigenvalue weighted by atomic mass is 9.92. The van der Waals surface area contributed by atoms with E-state index in [9.17, 15) is 14.7 Å². The first-order valence-electron chi connectivity index (χ1n) is 6.70. The number of nitrogens with zero attached hydrogens (tertiary/aromatic N) is 2. The van der Waals surface area contributed by atoms with Gasteiger partial charge < -0.3 is 15.7 Å². The summed E-state index contributed by atoms with van der Waals surface area (Å²) < 4.78 is 0. The second-order valence-corrected chi connectivity index (χ2v) is 5.33. The fourth-order valence-corrected chi connectivity index (χ4v) is 2.47. The highest BCUT2D eigenvalue weighted by Crippen LogP contribution is 2.23. The lowest BCUT2D eigenvalue weighted by Crippen LogP contribution is -2.50. The standard InChI is InChI=1S/C14H19N3O3/c1-9-4-5-17(12(6-9)14(19)20)13(18)7-11-3-2-10(15)8-16-11/h2-3,8-9,12H,4-7,15H2,1H3,(H,19,20). The molecule has 108 valence electrons. The van der Waals surface area contributed by atoms with Crippen molar-refractivity contribution in [3.8, 4) is 0 Å². The molecule has 3 N–H and O–H groups in total. The van der Waals surface area contributed by atoms with Crippen LogP contribution in [0.3, 0.4) is 0 Å². The second-order valence-electron chi connectivity index (χ2n) is 5.33. The monoisotopic (exact) mass is 277 g/mol. The first-order chi connectivity index (χ1) is 9.47. The van der Waals surface area contributed by atoms with E-state index in [2.05, 4.69) is 4.98 Å². The Morgan fingerprint density at radius 3 is 2.85 bits per heavy atom. The van der Waals surface area contributed by atoms with Crippen LogP contribution in [-0.2, 0) is 16.0 Å². The fraction of sp³-hybridized carbons (Fsp3) is 0.500. The van der Waals surface area contributed by atoms with Crippen LogP contribution in [0, 0.1) is 5.92 Å². The van der Waals surface area contributed by atoms with E-state index in [-0.39, 0.29) is 12.3 Å². The zero-order chi connectivity index (χ0) is 14.7. The average Bonchev–Trinajstić information content (AvgIpc) is 2.41. The molecule has 0 saturated carbocycles. The molecule has 2 rings (SSSR count). The van der Waals surface area contributed by atoms with E-state index in [1.54, 1.807) is 12.1 Å². The molecular weight excluding hydrogens is 258 g/mol. The van der Waals surface area contributed by atoms with Gasteiger partial charge in [-0.15, -0.1) is 0 Å². The maximum Gasteiger partial charge on any atom is 0.326 e. The predicted molar refractivity (Wildman–Crippen MR) is 73.9 cm³/mol. The van der Waals surface area contributed by atoms with E-state index in [1.807, 2.05) is 6.92 Å². The molecule has 2 heterocycles. The highest BCUT2D eigenvalue weighted by atomic mass is 16.4. The molecule has 0 aromatic carbocycles. The smallest absolute Gasteiger partial charge is 0.326 e. The van der Waals surface area contributed by atoms with Gasteiger partial charge in [0.15, 0.2) is 0 Å². The summed E-state index contributed by atoms with van der Waals surface area (Å²) in [6.07, 6.45) is 2.95. The van der Waals surface area contributed by atoms with Crippen molar-refractivity contribution in [3.05, 3.63) is 24.0 Å². The van der Waals surface area contributed by atoms with E-state index in [0.29, 0.717) is 30.3 Å². The van der Waals surface area contributed by atoms with Gasteiger partial charge in [-0.25, -0.2) is 4.79 Å². The Kier molecular flexibility index (Phi) is 4.22. The number of carboxylic acids is 1. The maximum absolute atomic E-state index is 12.3. The third-order valence-electron chi connectivity index (χ3n) is 3.65. The Morgan fingerprint density at radius 2 is 2.25 bits per heavy atom. The van der Waals surface area contributed by atoms with Crippen LogP contribution in [0.5, 0.6) is 0 Å². The van der Waals surface area contributed by atoms with Gasteiger partial charge in [0.05, 0.1) is 18.3 Å². The number of piperidine rings is 1. The Bertz CT molecular complexity index is 501. The maximum atomic E-state index is 12.3. The van der Waals surface area contributed by atoms with Crippen molar-refractivity contribution >= 4 is 17.6 Å². The highest BCUT2D eigenvalue weighted by molar-refractivity contribution is 5.85. The van der Waals surface area contributed by atoms with Crippen molar-refractivity contribution in [1.82, 2.24) is 9.88 Å². The Morgan fingerprint density at radius 1 is 1.50 bits per heavy atom. The molecule has 1 amide bonds. The van der Waals surface area contributed by atoms with Gasteiger partial charge in [0.2, 0.25) is 5.91 Å². The molecule has 2 unspecified atom stereocenters. The van der Waals surface area contributed by atoms with Gasteiger partial charge in [-0.05, 0) is 30.9 Å². The summed E-state index contributed by atoms with van der Waals surface area (Å²) in [5.41, 5.74) is 6.68. The lowest BCUT2D eigenvalue weighted by molar-refractivity contribution is -0.152. The molecule has 0 spiro atoms. The van der Waals surface area contributed by atoms with Gasteiger partial charge in [-0.2, -0.15) is 0 Å². The second kappa shape index (κ2) is 5.90. The summed E-state index contributed by atoms with van der Waals surface area (Å²) in [6.45, 7) is 2.51. The molecule has 1 aromatic heterocycles. The zero-order valence-corrected chi connectivity index (χ0v) is 11.5. The third-order valence-corrected chi connectivity index (χ3v) is 3.65. The zero-order valence-electron chi connectivity index (χ0n) is 11.5. The first-order valence-corrected chi connectivity index (χ1v) is 6.70. The third kappa shape index (κ3) is 3.26. The van der Waals surface area contributed by atoms with E-state index < -0.39 is 12.0 Å². The molecule has 0 radical (unpaired) electrons. The van der Waals surface area contributed by atoms with Crippen molar-refractivity contribution in [1.29, 1.82) is 0 Å². The Balaban J connectivity index is 2.06. The summed E-state index contributed by atoms with van der Waals surface area (Å²) in [5.74, 6) is -0.800. The normalized spacial score (nSPS) is 22.6. The van der Waals surface area contributed by atoms with Crippen LogP contribution >= 0.6 is 0 Å². The number of hydrogen-bond acceptors (Lipinski definition) is 4. The molecule has 20 heavy (non-hydrogen) atoms. The SMILES string of the molecule is CC1CCN(C(=O)Cc2ccc(N)cn2)C(C(=O)O)C1. The molecule has 1 saturated heterocycles. The highest BCUT2D eigenvalue weighted by Gasteiger charge is 2.34. The first kappa shape index (κ1) is 14.3. The minimum Gasteiger partial charge on any atom is -0.480 e. The number of carbonyl (C=O) groups is 2. The summed E-state index contributed by atoms with van der Waals surface area (Å²) in [6, 6.07) is 2.65. The number of carbonyl (C=O) groups excluding carboxylic acids is 1. The molecule has 2 atom stereocenters. The van der Waals surface area contributed by atoms with Crippen LogP contribution in [0.15, 0.2) is 18.3 Å². The number of rotatable bonds is 3. The van der Waals surface area contributed by atoms with Crippen LogP contribution in [0.25, 0.3) is 0 Å². The van der Waals surface area contributed by atoms with Crippen LogP contribution in [0.4, 0.5) is 5.69 Å². The molecule has 6 nitrogen and oxygen atoms in total. The lowest BCUT2D eigenvalue weighted by Gasteiger charge is -2.36. The largest absolute Gasteiger partial charge is 0.480 e. The Hall–Kier alpha value is -2.11. The molecular formula is C14H19N3O3. The molecule has 1 aliphatic heterocycles. The number of carboxylic acid groups (broad SMARTS) is 1. The summed E-state index contributed by atoms with van der Waals surface area (Å²) in [4.78, 5) is 29.1. The van der Waals surface area contributed by atoms with Crippen molar-refractivity contribution < 1.29 is 14.7 Å². The van der Waals surface area contributed by atoms with E-state index in [0.717, 1.165) is 6.42 Å². The van der Waals surface area contributed by atoms with Gasteiger partial charge in [-0.3, -0.25) is 9.78 Å². The molecule has 6 heteroatoms. The van der Waals surface area contributed by atoms with Crippen LogP contribution in [-0.4, -0.2) is 39.5 Å². The average molecular weight is 277 g/mol. The van der Waals surface area contributed by atoms with Gasteiger partial charge in [-0.1, -0.05) is 6.92 Å². The molecule has 0 bridgehead atoms. The number of aromatic nitrogens is 1. The minimum atomic E-state index is -0.935. The summed E-state index contributed by atoms with van der Waals surface area (Å²) in [5, 5.41) is 9.25. The number of nitrogen functional groups attached to an aromatic ring is 1. The van der Waals surface area contributed by atoms with Gasteiger partial charge in [0.1, 0.15) is 6.04 Å². The van der Waals surface area contributed by atoms with Crippen LogP contribution in [0.2, 0.25) is 0 Å².